The lowest BCUT2D eigenvalue weighted by atomic mass is 9.82. The number of benzene rings is 11. The van der Waals surface area contributed by atoms with Gasteiger partial charge in [0.05, 0.1) is 11.0 Å². The predicted octanol–water partition coefficient (Wildman–Crippen LogP) is 14.8. The maximum atomic E-state index is 9.79. The van der Waals surface area contributed by atoms with E-state index in [1.54, 1.807) is 0 Å². The smallest absolute Gasteiger partial charge is 0.0616 e. The maximum absolute atomic E-state index is 9.79. The van der Waals surface area contributed by atoms with E-state index in [1.165, 1.54) is 0 Å². The molecule has 0 saturated heterocycles. The molecule has 0 nitrogen and oxygen atoms in total. The number of hydrogen-bond donors (Lipinski definition) is 0. The highest BCUT2D eigenvalue weighted by molar-refractivity contribution is 6.35. The van der Waals surface area contributed by atoms with Gasteiger partial charge < -0.3 is 0 Å². The van der Waals surface area contributed by atoms with E-state index >= 15 is 0 Å². The summed E-state index contributed by atoms with van der Waals surface area (Å²) in [5.74, 6) is 0. The Hall–Kier alpha value is -6.76. The molecule has 0 radical (unpaired) electrons. The average Bonchev–Trinajstić information content (AvgIpc) is 3.29. The number of rotatable bonds is 3. The van der Waals surface area contributed by atoms with Crippen molar-refractivity contribution in [3.8, 4) is 33.4 Å². The molecule has 0 saturated carbocycles. The van der Waals surface area contributed by atoms with Crippen LogP contribution in [-0.4, -0.2) is 0 Å². The molecule has 0 heteroatoms. The van der Waals surface area contributed by atoms with E-state index in [0.29, 0.717) is 27.6 Å². The molecule has 0 spiro atoms. The molecule has 0 amide bonds. The Labute approximate surface area is 313 Å². The lowest BCUT2D eigenvalue weighted by Crippen LogP contribution is -1.93. The molecule has 0 aromatic heterocycles. The fourth-order valence-corrected chi connectivity index (χ4v) is 8.43. The Morgan fingerprint density at radius 1 is 0.269 bits per heavy atom. The van der Waals surface area contributed by atoms with E-state index in [0.717, 1.165) is 65.0 Å². The van der Waals surface area contributed by atoms with Crippen molar-refractivity contribution in [3.05, 3.63) is 194 Å². The third-order valence-electron chi connectivity index (χ3n) is 10.6. The van der Waals surface area contributed by atoms with E-state index in [2.05, 4.69) is 48.5 Å². The quantitative estimate of drug-likeness (QED) is 0.130. The summed E-state index contributed by atoms with van der Waals surface area (Å²) in [4.78, 5) is 0. The summed E-state index contributed by atoms with van der Waals surface area (Å²) in [7, 11) is 0. The molecule has 0 aliphatic carbocycles. The topological polar surface area (TPSA) is 0 Å². The molecular formula is C52H32. The molecule has 0 bridgehead atoms. The van der Waals surface area contributed by atoms with Crippen molar-refractivity contribution in [2.24, 2.45) is 0 Å². The normalized spacial score (nSPS) is 14.0. The second kappa shape index (κ2) is 11.4. The summed E-state index contributed by atoms with van der Waals surface area (Å²) < 4.78 is 75.0. The summed E-state index contributed by atoms with van der Waals surface area (Å²) >= 11 is 0. The SMILES string of the molecule is [2H]c1c([2H])c([2H])c2c(-c3cccc4c5ccccc5c5ccc6ccccc6c5c34)c3c(-c4ccccc4-c4cccc5ccccc45)c([2H])c([2H])c([2H])c3c([2H])c2c1[2H]. The third kappa shape index (κ3) is 4.22. The minimum Gasteiger partial charge on any atom is -0.0616 e. The number of fused-ring (bicyclic) bond motifs is 11. The first-order valence-electron chi connectivity index (χ1n) is 21.5. The third-order valence-corrected chi connectivity index (χ3v) is 10.6. The highest BCUT2D eigenvalue weighted by atomic mass is 14.2. The lowest BCUT2D eigenvalue weighted by Gasteiger charge is -2.21. The zero-order valence-corrected chi connectivity index (χ0v) is 27.9. The van der Waals surface area contributed by atoms with Crippen LogP contribution in [0.25, 0.3) is 109 Å². The van der Waals surface area contributed by atoms with Crippen LogP contribution in [-0.2, 0) is 0 Å². The van der Waals surface area contributed by atoms with Crippen LogP contribution in [0.1, 0.15) is 11.0 Å². The minimum absolute atomic E-state index is 0.0330. The fraction of sp³-hybridized carbons (Fsp3) is 0. The first-order valence-corrected chi connectivity index (χ1v) is 17.5. The molecule has 52 heavy (non-hydrogen) atoms. The van der Waals surface area contributed by atoms with E-state index in [4.69, 9.17) is 2.74 Å². The van der Waals surface area contributed by atoms with Gasteiger partial charge in [-0.1, -0.05) is 188 Å². The van der Waals surface area contributed by atoms with Crippen LogP contribution in [0, 0.1) is 0 Å². The second-order valence-electron chi connectivity index (χ2n) is 13.3. The van der Waals surface area contributed by atoms with Crippen molar-refractivity contribution in [2.75, 3.05) is 0 Å². The lowest BCUT2D eigenvalue weighted by molar-refractivity contribution is 1.62. The zero-order valence-electron chi connectivity index (χ0n) is 35.9. The van der Waals surface area contributed by atoms with Gasteiger partial charge >= 0.3 is 0 Å². The van der Waals surface area contributed by atoms with Crippen LogP contribution in [0.2, 0.25) is 0 Å². The second-order valence-corrected chi connectivity index (χ2v) is 13.3. The van der Waals surface area contributed by atoms with Crippen LogP contribution >= 0.6 is 0 Å². The Bertz CT molecular complexity index is 3700. The van der Waals surface area contributed by atoms with Crippen molar-refractivity contribution < 1.29 is 11.0 Å². The Morgan fingerprint density at radius 3 is 1.65 bits per heavy atom. The van der Waals surface area contributed by atoms with Gasteiger partial charge in [0.2, 0.25) is 0 Å². The standard InChI is InChI=1S/C52H32/c1-4-19-37-33(14-1)17-11-26-40(37)41-22-7-8-23-42(41)45-27-12-18-36-32-35-16-3-6-21-39(35)51(49(36)45)48-29-13-28-46-43-24-9-10-25-44(43)47-31-30-34-15-2-5-20-38(34)50(47)52(46)48/h1-32H/i3D,6D,12D,16D,18D,21D,27D,32D. The molecule has 0 aliphatic heterocycles. The van der Waals surface area contributed by atoms with Gasteiger partial charge in [0.1, 0.15) is 0 Å². The monoisotopic (exact) mass is 664 g/mol. The van der Waals surface area contributed by atoms with Crippen LogP contribution in [0.15, 0.2) is 194 Å². The maximum Gasteiger partial charge on any atom is 0.0636 e. The molecule has 0 unspecified atom stereocenters. The average molecular weight is 665 g/mol. The van der Waals surface area contributed by atoms with Crippen LogP contribution < -0.4 is 0 Å². The summed E-state index contributed by atoms with van der Waals surface area (Å²) in [6.07, 6.45) is 0. The van der Waals surface area contributed by atoms with Gasteiger partial charge in [-0.25, -0.2) is 0 Å². The van der Waals surface area contributed by atoms with Crippen molar-refractivity contribution in [3.63, 3.8) is 0 Å². The highest BCUT2D eigenvalue weighted by Crippen LogP contribution is 2.49. The van der Waals surface area contributed by atoms with E-state index in [9.17, 15) is 8.22 Å². The van der Waals surface area contributed by atoms with Gasteiger partial charge in [-0.15, -0.1) is 0 Å². The summed E-state index contributed by atoms with van der Waals surface area (Å²) in [5, 5.41) is 10.3. The molecule has 11 aromatic carbocycles. The Kier molecular flexibility index (Phi) is 4.85. The van der Waals surface area contributed by atoms with Crippen molar-refractivity contribution >= 4 is 75.4 Å². The van der Waals surface area contributed by atoms with Gasteiger partial charge in [-0.3, -0.25) is 0 Å². The van der Waals surface area contributed by atoms with Crippen molar-refractivity contribution in [1.82, 2.24) is 0 Å². The molecule has 0 atom stereocenters. The molecule has 11 aromatic rings. The first-order chi connectivity index (χ1) is 29.2. The molecule has 0 heterocycles. The van der Waals surface area contributed by atoms with E-state index in [1.807, 2.05) is 97.1 Å². The summed E-state index contributed by atoms with van der Waals surface area (Å²) in [6, 6.07) is 45.7. The Morgan fingerprint density at radius 2 is 0.827 bits per heavy atom. The van der Waals surface area contributed by atoms with Gasteiger partial charge in [-0.2, -0.15) is 0 Å². The van der Waals surface area contributed by atoms with Gasteiger partial charge in [0.15, 0.2) is 0 Å². The molecule has 240 valence electrons. The zero-order chi connectivity index (χ0) is 41.1. The highest BCUT2D eigenvalue weighted by Gasteiger charge is 2.21. The molecule has 0 fully saturated rings. The van der Waals surface area contributed by atoms with E-state index < -0.39 is 18.1 Å². The summed E-state index contributed by atoms with van der Waals surface area (Å²) in [6.45, 7) is 0. The van der Waals surface area contributed by atoms with Crippen LogP contribution in [0.5, 0.6) is 0 Å². The van der Waals surface area contributed by atoms with Crippen LogP contribution in [0.4, 0.5) is 0 Å². The van der Waals surface area contributed by atoms with Crippen LogP contribution in [0.3, 0.4) is 0 Å². The number of hydrogen-bond acceptors (Lipinski definition) is 0. The van der Waals surface area contributed by atoms with Gasteiger partial charge in [-0.05, 0) is 115 Å². The molecule has 0 aliphatic rings. The van der Waals surface area contributed by atoms with Crippen molar-refractivity contribution in [1.29, 1.82) is 0 Å². The molecular weight excluding hydrogens is 625 g/mol. The predicted molar refractivity (Wildman–Crippen MR) is 225 cm³/mol. The minimum atomic E-state index is -0.483. The molecule has 11 rings (SSSR count). The summed E-state index contributed by atoms with van der Waals surface area (Å²) in [5.41, 5.74) is 3.65. The Balaban J connectivity index is 1.45. The van der Waals surface area contributed by atoms with E-state index in [-0.39, 0.29) is 46.4 Å². The first kappa shape index (κ1) is 22.1. The fourth-order valence-electron chi connectivity index (χ4n) is 8.43. The van der Waals surface area contributed by atoms with Gasteiger partial charge in [0, 0.05) is 0 Å². The van der Waals surface area contributed by atoms with Crippen molar-refractivity contribution in [2.45, 2.75) is 0 Å². The largest absolute Gasteiger partial charge is 0.0636 e. The molecule has 0 N–H and O–H groups in total. The van der Waals surface area contributed by atoms with Gasteiger partial charge in [0.25, 0.3) is 0 Å².